The summed E-state index contributed by atoms with van der Waals surface area (Å²) in [6.07, 6.45) is 0. The predicted molar refractivity (Wildman–Crippen MR) is 122 cm³/mol. The first-order chi connectivity index (χ1) is 14.5. The number of imidazole rings is 1. The van der Waals surface area contributed by atoms with Crippen LogP contribution in [0.4, 0.5) is 0 Å². The molecule has 0 aliphatic rings. The summed E-state index contributed by atoms with van der Waals surface area (Å²) in [4.78, 5) is 17.6. The molecule has 5 nitrogen and oxygen atoms in total. The third-order valence-corrected chi connectivity index (χ3v) is 5.47. The number of amides is 1. The summed E-state index contributed by atoms with van der Waals surface area (Å²) in [6.45, 7) is 2.62. The van der Waals surface area contributed by atoms with Crippen molar-refractivity contribution in [2.24, 2.45) is 0 Å². The summed E-state index contributed by atoms with van der Waals surface area (Å²) in [5.74, 6) is 1.30. The van der Waals surface area contributed by atoms with Gasteiger partial charge in [-0.05, 0) is 55.0 Å². The lowest BCUT2D eigenvalue weighted by atomic mass is 10.2. The second kappa shape index (κ2) is 8.71. The number of aromatic nitrogens is 2. The summed E-state index contributed by atoms with van der Waals surface area (Å²) in [7, 11) is 1.59. The number of benzene rings is 3. The molecule has 4 rings (SSSR count). The van der Waals surface area contributed by atoms with Crippen molar-refractivity contribution in [1.82, 2.24) is 14.9 Å². The van der Waals surface area contributed by atoms with Crippen LogP contribution in [0.5, 0.6) is 5.75 Å². The lowest BCUT2D eigenvalue weighted by Crippen LogP contribution is -2.28. The lowest BCUT2D eigenvalue weighted by Gasteiger charge is -2.17. The molecule has 1 aromatic heterocycles. The number of rotatable bonds is 6. The fraction of sp³-hybridized carbons (Fsp3) is 0.167. The van der Waals surface area contributed by atoms with Gasteiger partial charge in [-0.1, -0.05) is 46.3 Å². The number of hydrogen-bond donors (Lipinski definition) is 1. The largest absolute Gasteiger partial charge is 0.497 e. The highest BCUT2D eigenvalue weighted by Gasteiger charge is 2.19. The molecule has 0 radical (unpaired) electrons. The van der Waals surface area contributed by atoms with E-state index in [1.54, 1.807) is 25.3 Å². The van der Waals surface area contributed by atoms with Gasteiger partial charge in [0.2, 0.25) is 0 Å². The van der Waals surface area contributed by atoms with E-state index >= 15 is 0 Å². The first-order valence-electron chi connectivity index (χ1n) is 9.69. The lowest BCUT2D eigenvalue weighted by molar-refractivity contribution is 0.0937. The second-order valence-corrected chi connectivity index (χ2v) is 8.02. The summed E-state index contributed by atoms with van der Waals surface area (Å²) in [5.41, 5.74) is 3.65. The zero-order valence-electron chi connectivity index (χ0n) is 16.8. The Kier molecular flexibility index (Phi) is 5.86. The van der Waals surface area contributed by atoms with E-state index in [4.69, 9.17) is 9.72 Å². The van der Waals surface area contributed by atoms with Crippen molar-refractivity contribution < 1.29 is 9.53 Å². The average molecular weight is 464 g/mol. The van der Waals surface area contributed by atoms with E-state index in [-0.39, 0.29) is 11.9 Å². The van der Waals surface area contributed by atoms with Crippen LogP contribution in [0.15, 0.2) is 77.3 Å². The van der Waals surface area contributed by atoms with E-state index in [0.29, 0.717) is 17.9 Å². The Hall–Kier alpha value is -3.12. The number of halogens is 1. The van der Waals surface area contributed by atoms with Gasteiger partial charge in [0.25, 0.3) is 5.91 Å². The molecule has 152 valence electrons. The maximum Gasteiger partial charge on any atom is 0.251 e. The SMILES string of the molecule is COc1cccc(C(=O)NC(C)c2nc3ccccc3n2Cc2cccc(Br)c2)c1. The minimum atomic E-state index is -0.275. The van der Waals surface area contributed by atoms with Gasteiger partial charge in [0.1, 0.15) is 11.6 Å². The number of nitrogens with zero attached hydrogens (tertiary/aromatic N) is 2. The van der Waals surface area contributed by atoms with Gasteiger partial charge in [0, 0.05) is 16.6 Å². The van der Waals surface area contributed by atoms with E-state index in [2.05, 4.69) is 44.0 Å². The molecule has 6 heteroatoms. The van der Waals surface area contributed by atoms with Gasteiger partial charge in [-0.15, -0.1) is 0 Å². The fourth-order valence-corrected chi connectivity index (χ4v) is 3.96. The van der Waals surface area contributed by atoms with Crippen LogP contribution in [0.2, 0.25) is 0 Å². The molecule has 0 fully saturated rings. The van der Waals surface area contributed by atoms with E-state index in [1.807, 2.05) is 43.3 Å². The molecule has 0 spiro atoms. The minimum absolute atomic E-state index is 0.164. The van der Waals surface area contributed by atoms with E-state index in [0.717, 1.165) is 26.9 Å². The third-order valence-electron chi connectivity index (χ3n) is 4.98. The molecule has 30 heavy (non-hydrogen) atoms. The average Bonchev–Trinajstić information content (AvgIpc) is 3.12. The summed E-state index contributed by atoms with van der Waals surface area (Å²) in [5, 5.41) is 3.08. The Labute approximate surface area is 183 Å². The Morgan fingerprint density at radius 3 is 2.70 bits per heavy atom. The molecule has 0 saturated carbocycles. The standard InChI is InChI=1S/C24H22BrN3O2/c1-16(26-24(29)18-8-6-10-20(14-18)30-2)23-27-21-11-3-4-12-22(21)28(23)15-17-7-5-9-19(25)13-17/h3-14,16H,15H2,1-2H3,(H,26,29). The first kappa shape index (κ1) is 20.2. The van der Waals surface area contributed by atoms with Gasteiger partial charge in [-0.2, -0.15) is 0 Å². The van der Waals surface area contributed by atoms with E-state index < -0.39 is 0 Å². The molecule has 3 aromatic carbocycles. The minimum Gasteiger partial charge on any atom is -0.497 e. The van der Waals surface area contributed by atoms with Gasteiger partial charge >= 0.3 is 0 Å². The Morgan fingerprint density at radius 2 is 1.90 bits per heavy atom. The smallest absolute Gasteiger partial charge is 0.251 e. The first-order valence-corrected chi connectivity index (χ1v) is 10.5. The van der Waals surface area contributed by atoms with Crippen molar-refractivity contribution in [1.29, 1.82) is 0 Å². The van der Waals surface area contributed by atoms with E-state index in [9.17, 15) is 4.79 Å². The zero-order valence-corrected chi connectivity index (χ0v) is 18.4. The van der Waals surface area contributed by atoms with Crippen LogP contribution in [-0.2, 0) is 6.54 Å². The van der Waals surface area contributed by atoms with Crippen LogP contribution in [0.25, 0.3) is 11.0 Å². The topological polar surface area (TPSA) is 56.1 Å². The highest BCUT2D eigenvalue weighted by Crippen LogP contribution is 2.24. The number of nitrogens with one attached hydrogen (secondary N) is 1. The van der Waals surface area contributed by atoms with Crippen LogP contribution < -0.4 is 10.1 Å². The van der Waals surface area contributed by atoms with Crippen molar-refractivity contribution in [2.75, 3.05) is 7.11 Å². The van der Waals surface area contributed by atoms with Crippen LogP contribution in [0.1, 0.15) is 34.7 Å². The highest BCUT2D eigenvalue weighted by molar-refractivity contribution is 9.10. The molecule has 0 aliphatic heterocycles. The number of para-hydroxylation sites is 2. The van der Waals surface area contributed by atoms with Crippen molar-refractivity contribution in [3.8, 4) is 5.75 Å². The molecule has 1 unspecified atom stereocenters. The van der Waals surface area contributed by atoms with Gasteiger partial charge in [0.15, 0.2) is 0 Å². The Bertz CT molecular complexity index is 1200. The van der Waals surface area contributed by atoms with Crippen molar-refractivity contribution >= 4 is 32.9 Å². The molecular weight excluding hydrogens is 442 g/mol. The summed E-state index contributed by atoms with van der Waals surface area (Å²) >= 11 is 3.54. The van der Waals surface area contributed by atoms with Crippen LogP contribution in [0, 0.1) is 0 Å². The fourth-order valence-electron chi connectivity index (χ4n) is 3.52. The second-order valence-electron chi connectivity index (χ2n) is 7.10. The number of methoxy groups -OCH3 is 1. The van der Waals surface area contributed by atoms with Gasteiger partial charge in [-0.25, -0.2) is 4.98 Å². The van der Waals surface area contributed by atoms with Crippen molar-refractivity contribution in [3.05, 3.63) is 94.2 Å². The van der Waals surface area contributed by atoms with Crippen LogP contribution in [0.3, 0.4) is 0 Å². The van der Waals surface area contributed by atoms with Crippen molar-refractivity contribution in [3.63, 3.8) is 0 Å². The predicted octanol–water partition coefficient (Wildman–Crippen LogP) is 5.35. The quantitative estimate of drug-likeness (QED) is 0.419. The maximum atomic E-state index is 12.8. The maximum absolute atomic E-state index is 12.8. The van der Waals surface area contributed by atoms with E-state index in [1.165, 1.54) is 0 Å². The molecule has 0 bridgehead atoms. The zero-order chi connectivity index (χ0) is 21.1. The van der Waals surface area contributed by atoms with Gasteiger partial charge < -0.3 is 14.6 Å². The number of ether oxygens (including phenoxy) is 1. The summed E-state index contributed by atoms with van der Waals surface area (Å²) in [6, 6.07) is 23.1. The number of hydrogen-bond acceptors (Lipinski definition) is 3. The van der Waals surface area contributed by atoms with Gasteiger partial charge in [0.05, 0.1) is 24.2 Å². The number of carbonyl (C=O) groups excluding carboxylic acids is 1. The Morgan fingerprint density at radius 1 is 1.10 bits per heavy atom. The normalized spacial score (nSPS) is 12.0. The number of carbonyl (C=O) groups is 1. The highest BCUT2D eigenvalue weighted by atomic mass is 79.9. The molecule has 0 saturated heterocycles. The summed E-state index contributed by atoms with van der Waals surface area (Å²) < 4.78 is 8.42. The molecule has 0 aliphatic carbocycles. The molecule has 1 atom stereocenters. The molecular formula is C24H22BrN3O2. The molecule has 1 heterocycles. The Balaban J connectivity index is 1.66. The number of fused-ring (bicyclic) bond motifs is 1. The van der Waals surface area contributed by atoms with Crippen molar-refractivity contribution in [2.45, 2.75) is 19.5 Å². The molecule has 4 aromatic rings. The van der Waals surface area contributed by atoms with Crippen LogP contribution in [-0.4, -0.2) is 22.6 Å². The van der Waals surface area contributed by atoms with Crippen LogP contribution >= 0.6 is 15.9 Å². The monoisotopic (exact) mass is 463 g/mol. The third kappa shape index (κ3) is 4.24. The molecule has 1 amide bonds. The molecule has 1 N–H and O–H groups in total. The van der Waals surface area contributed by atoms with Gasteiger partial charge in [-0.3, -0.25) is 4.79 Å².